The Bertz CT molecular complexity index is 1510. The number of methoxy groups -OCH3 is 1. The fourth-order valence-electron chi connectivity index (χ4n) is 3.95. The third kappa shape index (κ3) is 5.74. The molecule has 8 nitrogen and oxygen atoms in total. The molecule has 0 saturated heterocycles. The summed E-state index contributed by atoms with van der Waals surface area (Å²) in [5.41, 5.74) is 4.94. The van der Waals surface area contributed by atoms with Gasteiger partial charge in [0, 0.05) is 46.4 Å². The molecule has 0 unspecified atom stereocenters. The van der Waals surface area contributed by atoms with Crippen LogP contribution in [0, 0.1) is 25.2 Å². The van der Waals surface area contributed by atoms with Crippen molar-refractivity contribution >= 4 is 29.3 Å². The summed E-state index contributed by atoms with van der Waals surface area (Å²) in [5, 5.41) is 15.2. The molecule has 4 rings (SSSR count). The van der Waals surface area contributed by atoms with Gasteiger partial charge in [-0.3, -0.25) is 14.6 Å². The third-order valence-electron chi connectivity index (χ3n) is 5.79. The number of aryl methyl sites for hydroxylation is 1. The van der Waals surface area contributed by atoms with Crippen LogP contribution in [0.5, 0.6) is 5.75 Å². The van der Waals surface area contributed by atoms with Gasteiger partial charge in [-0.25, -0.2) is 0 Å². The maximum Gasteiger partial charge on any atom is 0.266 e. The number of pyridine rings is 1. The van der Waals surface area contributed by atoms with Crippen molar-refractivity contribution in [2.45, 2.75) is 13.8 Å². The van der Waals surface area contributed by atoms with Gasteiger partial charge < -0.3 is 19.9 Å². The van der Waals surface area contributed by atoms with Crippen LogP contribution in [0.2, 0.25) is 0 Å². The molecule has 0 aliphatic rings. The van der Waals surface area contributed by atoms with E-state index in [2.05, 4.69) is 15.6 Å². The van der Waals surface area contributed by atoms with Gasteiger partial charge in [0.25, 0.3) is 11.8 Å². The smallest absolute Gasteiger partial charge is 0.266 e. The Labute approximate surface area is 214 Å². The molecular weight excluding hydrogens is 466 g/mol. The molecule has 8 heteroatoms. The number of carbonyl (C=O) groups excluding carboxylic acids is 2. The van der Waals surface area contributed by atoms with Crippen LogP contribution in [0.15, 0.2) is 84.7 Å². The fraction of sp³-hybridized carbons (Fsp3) is 0.103. The molecule has 2 aromatic heterocycles. The number of hydrogen-bond donors (Lipinski definition) is 2. The first-order valence-corrected chi connectivity index (χ1v) is 11.5. The van der Waals surface area contributed by atoms with Crippen molar-refractivity contribution in [3.8, 4) is 17.5 Å². The number of ether oxygens (including phenoxy) is 1. The van der Waals surface area contributed by atoms with Crippen molar-refractivity contribution < 1.29 is 14.3 Å². The SMILES string of the molecule is COc1ccc(-n2c(C)cc(/C=C(/C#N)C(=O)Nc3cccc(NC(=O)c4ccncc4)c3)c2C)cc1. The van der Waals surface area contributed by atoms with E-state index in [-0.39, 0.29) is 11.5 Å². The second-order valence-electron chi connectivity index (χ2n) is 8.25. The van der Waals surface area contributed by atoms with Gasteiger partial charge >= 0.3 is 0 Å². The first-order valence-electron chi connectivity index (χ1n) is 11.5. The van der Waals surface area contributed by atoms with Crippen molar-refractivity contribution in [3.63, 3.8) is 0 Å². The van der Waals surface area contributed by atoms with Crippen molar-refractivity contribution in [3.05, 3.63) is 107 Å². The van der Waals surface area contributed by atoms with Gasteiger partial charge in [-0.05, 0) is 86.2 Å². The highest BCUT2D eigenvalue weighted by Gasteiger charge is 2.15. The molecule has 0 aliphatic carbocycles. The van der Waals surface area contributed by atoms with E-state index < -0.39 is 5.91 Å². The number of amides is 2. The molecule has 4 aromatic rings. The van der Waals surface area contributed by atoms with E-state index in [9.17, 15) is 14.9 Å². The van der Waals surface area contributed by atoms with E-state index in [4.69, 9.17) is 4.74 Å². The van der Waals surface area contributed by atoms with Gasteiger partial charge in [0.05, 0.1) is 7.11 Å². The molecule has 2 aromatic carbocycles. The number of hydrogen-bond acceptors (Lipinski definition) is 5. The largest absolute Gasteiger partial charge is 0.497 e. The summed E-state index contributed by atoms with van der Waals surface area (Å²) in [7, 11) is 1.62. The van der Waals surface area contributed by atoms with Crippen LogP contribution in [0.25, 0.3) is 11.8 Å². The van der Waals surface area contributed by atoms with Crippen LogP contribution >= 0.6 is 0 Å². The van der Waals surface area contributed by atoms with Gasteiger partial charge in [-0.2, -0.15) is 5.26 Å². The van der Waals surface area contributed by atoms with E-state index >= 15 is 0 Å². The van der Waals surface area contributed by atoms with Crippen molar-refractivity contribution in [1.82, 2.24) is 9.55 Å². The van der Waals surface area contributed by atoms with E-state index in [0.717, 1.165) is 28.4 Å². The van der Waals surface area contributed by atoms with Gasteiger partial charge in [0.15, 0.2) is 0 Å². The summed E-state index contributed by atoms with van der Waals surface area (Å²) >= 11 is 0. The lowest BCUT2D eigenvalue weighted by atomic mass is 10.1. The molecule has 0 spiro atoms. The average Bonchev–Trinajstić information content (AvgIpc) is 3.20. The van der Waals surface area contributed by atoms with Crippen LogP contribution in [0.3, 0.4) is 0 Å². The number of nitrogens with zero attached hydrogens (tertiary/aromatic N) is 3. The summed E-state index contributed by atoms with van der Waals surface area (Å²) in [6.07, 6.45) is 4.65. The number of benzene rings is 2. The molecule has 2 N–H and O–H groups in total. The zero-order valence-electron chi connectivity index (χ0n) is 20.6. The van der Waals surface area contributed by atoms with Gasteiger partial charge in [-0.1, -0.05) is 6.07 Å². The Morgan fingerprint density at radius 1 is 0.973 bits per heavy atom. The topological polar surface area (TPSA) is 109 Å². The molecule has 184 valence electrons. The Hall–Kier alpha value is -5.16. The maximum absolute atomic E-state index is 12.9. The van der Waals surface area contributed by atoms with Crippen molar-refractivity contribution in [1.29, 1.82) is 5.26 Å². The predicted octanol–water partition coefficient (Wildman–Crippen LogP) is 5.30. The van der Waals surface area contributed by atoms with Gasteiger partial charge in [0.2, 0.25) is 0 Å². The van der Waals surface area contributed by atoms with Gasteiger partial charge in [-0.15, -0.1) is 0 Å². The number of anilines is 2. The Morgan fingerprint density at radius 3 is 2.30 bits per heavy atom. The molecule has 0 aliphatic heterocycles. The summed E-state index contributed by atoms with van der Waals surface area (Å²) < 4.78 is 7.29. The lowest BCUT2D eigenvalue weighted by Gasteiger charge is -2.10. The molecule has 0 radical (unpaired) electrons. The third-order valence-corrected chi connectivity index (χ3v) is 5.79. The molecule has 0 fully saturated rings. The molecule has 0 atom stereocenters. The number of nitriles is 1. The Kier molecular flexibility index (Phi) is 7.45. The first-order chi connectivity index (χ1) is 17.9. The highest BCUT2D eigenvalue weighted by Crippen LogP contribution is 2.25. The van der Waals surface area contributed by atoms with E-state index in [1.54, 1.807) is 49.6 Å². The molecule has 2 heterocycles. The van der Waals surface area contributed by atoms with E-state index in [0.29, 0.717) is 16.9 Å². The quantitative estimate of drug-likeness (QED) is 0.269. The van der Waals surface area contributed by atoms with Crippen LogP contribution in [-0.4, -0.2) is 28.5 Å². The number of aromatic nitrogens is 2. The first kappa shape index (κ1) is 24.9. The predicted molar refractivity (Wildman–Crippen MR) is 143 cm³/mol. The minimum atomic E-state index is -0.547. The van der Waals surface area contributed by atoms with Crippen LogP contribution < -0.4 is 15.4 Å². The molecule has 37 heavy (non-hydrogen) atoms. The van der Waals surface area contributed by atoms with E-state index in [1.165, 1.54) is 12.4 Å². The average molecular weight is 492 g/mol. The number of rotatable bonds is 7. The van der Waals surface area contributed by atoms with Crippen molar-refractivity contribution in [2.75, 3.05) is 17.7 Å². The molecule has 0 saturated carbocycles. The normalized spacial score (nSPS) is 10.9. The summed E-state index contributed by atoms with van der Waals surface area (Å²) in [6, 6.07) is 21.5. The summed E-state index contributed by atoms with van der Waals surface area (Å²) in [5.74, 6) is -0.0826. The monoisotopic (exact) mass is 491 g/mol. The van der Waals surface area contributed by atoms with Crippen LogP contribution in [-0.2, 0) is 4.79 Å². The highest BCUT2D eigenvalue weighted by atomic mass is 16.5. The fourth-order valence-corrected chi connectivity index (χ4v) is 3.95. The molecular formula is C29H25N5O3. The molecule has 2 amide bonds. The minimum Gasteiger partial charge on any atom is -0.497 e. The zero-order valence-corrected chi connectivity index (χ0v) is 20.6. The zero-order chi connectivity index (χ0) is 26.4. The number of carbonyl (C=O) groups is 2. The lowest BCUT2D eigenvalue weighted by molar-refractivity contribution is -0.112. The van der Waals surface area contributed by atoms with Crippen molar-refractivity contribution in [2.24, 2.45) is 0 Å². The summed E-state index contributed by atoms with van der Waals surface area (Å²) in [4.78, 5) is 29.2. The van der Waals surface area contributed by atoms with Crippen LogP contribution in [0.1, 0.15) is 27.3 Å². The minimum absolute atomic E-state index is 0.0406. The lowest BCUT2D eigenvalue weighted by Crippen LogP contribution is -2.15. The Morgan fingerprint density at radius 2 is 1.65 bits per heavy atom. The Balaban J connectivity index is 1.52. The second kappa shape index (κ2) is 11.1. The standard InChI is InChI=1S/C29H25N5O3/c1-19-15-22(20(2)34(19)26-7-9-27(37-3)10-8-26)16-23(18-30)29(36)33-25-6-4-5-24(17-25)32-28(35)21-11-13-31-14-12-21/h4-17H,1-3H3,(H,32,35)(H,33,36)/b23-16-. The molecule has 0 bridgehead atoms. The van der Waals surface area contributed by atoms with E-state index in [1.807, 2.05) is 54.8 Å². The van der Waals surface area contributed by atoms with Gasteiger partial charge in [0.1, 0.15) is 17.4 Å². The maximum atomic E-state index is 12.9. The number of nitrogens with one attached hydrogen (secondary N) is 2. The van der Waals surface area contributed by atoms with Crippen LogP contribution in [0.4, 0.5) is 11.4 Å². The summed E-state index contributed by atoms with van der Waals surface area (Å²) in [6.45, 7) is 3.90. The second-order valence-corrected chi connectivity index (χ2v) is 8.25. The highest BCUT2D eigenvalue weighted by molar-refractivity contribution is 6.10.